The molecule has 0 aromatic heterocycles. The predicted molar refractivity (Wildman–Crippen MR) is 108 cm³/mol. The molecule has 6 nitrogen and oxygen atoms in total. The molecule has 0 atom stereocenters. The summed E-state index contributed by atoms with van der Waals surface area (Å²) in [6.07, 6.45) is 0.780. The van der Waals surface area contributed by atoms with Gasteiger partial charge in [-0.25, -0.2) is 4.79 Å². The third-order valence-electron chi connectivity index (χ3n) is 3.87. The number of carbonyl (C=O) groups is 1. The van der Waals surface area contributed by atoms with Crippen LogP contribution >= 0.6 is 0 Å². The molecule has 2 aromatic rings. The average molecular weight is 366 g/mol. The molecule has 0 spiro atoms. The molecule has 2 N–H and O–H groups in total. The number of amides is 2. The predicted octanol–water partition coefficient (Wildman–Crippen LogP) is 3.99. The van der Waals surface area contributed by atoms with Gasteiger partial charge in [0.2, 0.25) is 0 Å². The van der Waals surface area contributed by atoms with Crippen LogP contribution in [0.25, 0.3) is 0 Å². The van der Waals surface area contributed by atoms with Gasteiger partial charge in [0.15, 0.2) is 0 Å². The Bertz CT molecular complexity index is 785. The molecule has 6 heteroatoms. The minimum atomic E-state index is -0.318. The topological polar surface area (TPSA) is 77.4 Å². The van der Waals surface area contributed by atoms with E-state index in [4.69, 9.17) is 10.00 Å². The van der Waals surface area contributed by atoms with Crippen molar-refractivity contribution in [3.05, 3.63) is 54.1 Å². The van der Waals surface area contributed by atoms with E-state index in [-0.39, 0.29) is 12.1 Å². The lowest BCUT2D eigenvalue weighted by atomic mass is 10.2. The van der Waals surface area contributed by atoms with Gasteiger partial charge >= 0.3 is 6.03 Å². The summed E-state index contributed by atoms with van der Waals surface area (Å²) in [6.45, 7) is 5.19. The number of hydrogen-bond donors (Lipinski definition) is 2. The minimum Gasteiger partial charge on any atom is -0.489 e. The van der Waals surface area contributed by atoms with E-state index in [1.807, 2.05) is 39.1 Å². The number of nitrogens with one attached hydrogen (secondary N) is 2. The van der Waals surface area contributed by atoms with Crippen molar-refractivity contribution < 1.29 is 9.53 Å². The standard InChI is InChI=1S/C21H26N4O2/c1-16(2)27-20-11-10-17(15-22)14-19(20)24-21(26)23-12-7-13-25(3)18-8-5-4-6-9-18/h4-6,8-11,14,16H,7,12-13H2,1-3H3,(H2,23,24,26). The van der Waals surface area contributed by atoms with Gasteiger partial charge in [-0.15, -0.1) is 0 Å². The van der Waals surface area contributed by atoms with Crippen molar-refractivity contribution in [3.8, 4) is 11.8 Å². The molecule has 27 heavy (non-hydrogen) atoms. The van der Waals surface area contributed by atoms with Crippen LogP contribution in [0.15, 0.2) is 48.5 Å². The van der Waals surface area contributed by atoms with Crippen LogP contribution in [0.1, 0.15) is 25.8 Å². The monoisotopic (exact) mass is 366 g/mol. The normalized spacial score (nSPS) is 10.2. The Morgan fingerprint density at radius 3 is 2.63 bits per heavy atom. The van der Waals surface area contributed by atoms with E-state index in [0.29, 0.717) is 23.5 Å². The van der Waals surface area contributed by atoms with E-state index in [1.165, 1.54) is 0 Å². The molecule has 0 aliphatic heterocycles. The first-order chi connectivity index (χ1) is 13.0. The Labute approximate surface area is 160 Å². The highest BCUT2D eigenvalue weighted by molar-refractivity contribution is 5.91. The maximum absolute atomic E-state index is 12.2. The zero-order chi connectivity index (χ0) is 19.6. The van der Waals surface area contributed by atoms with Gasteiger partial charge in [0.1, 0.15) is 5.75 Å². The average Bonchev–Trinajstić information content (AvgIpc) is 2.66. The van der Waals surface area contributed by atoms with Crippen molar-refractivity contribution in [2.24, 2.45) is 0 Å². The molecule has 0 aliphatic carbocycles. The number of anilines is 2. The van der Waals surface area contributed by atoms with Crippen molar-refractivity contribution in [2.75, 3.05) is 30.4 Å². The Morgan fingerprint density at radius 1 is 1.22 bits per heavy atom. The maximum atomic E-state index is 12.2. The van der Waals surface area contributed by atoms with Gasteiger partial charge in [-0.05, 0) is 50.6 Å². The number of benzene rings is 2. The van der Waals surface area contributed by atoms with Crippen molar-refractivity contribution in [1.82, 2.24) is 5.32 Å². The molecule has 2 aromatic carbocycles. The Kier molecular flexibility index (Phi) is 7.50. The minimum absolute atomic E-state index is 0.0323. The molecule has 0 aliphatic rings. The van der Waals surface area contributed by atoms with Crippen LogP contribution in [-0.4, -0.2) is 32.3 Å². The first kappa shape index (κ1) is 20.1. The van der Waals surface area contributed by atoms with E-state index in [2.05, 4.69) is 33.7 Å². The smallest absolute Gasteiger partial charge is 0.319 e. The number of para-hydroxylation sites is 1. The molecule has 0 heterocycles. The molecule has 0 unspecified atom stereocenters. The van der Waals surface area contributed by atoms with Crippen molar-refractivity contribution in [1.29, 1.82) is 5.26 Å². The van der Waals surface area contributed by atoms with Crippen LogP contribution in [0.5, 0.6) is 5.75 Å². The third kappa shape index (κ3) is 6.55. The summed E-state index contributed by atoms with van der Waals surface area (Å²) in [6, 6.07) is 16.8. The highest BCUT2D eigenvalue weighted by Gasteiger charge is 2.10. The van der Waals surface area contributed by atoms with Crippen LogP contribution in [0.2, 0.25) is 0 Å². The van der Waals surface area contributed by atoms with Crippen molar-refractivity contribution in [3.63, 3.8) is 0 Å². The van der Waals surface area contributed by atoms with Crippen LogP contribution < -0.4 is 20.3 Å². The summed E-state index contributed by atoms with van der Waals surface area (Å²) >= 11 is 0. The number of carbonyl (C=O) groups excluding carboxylic acids is 1. The third-order valence-corrected chi connectivity index (χ3v) is 3.87. The lowest BCUT2D eigenvalue weighted by Gasteiger charge is -2.19. The van der Waals surface area contributed by atoms with E-state index >= 15 is 0 Å². The summed E-state index contributed by atoms with van der Waals surface area (Å²) in [7, 11) is 2.03. The fourth-order valence-corrected chi connectivity index (χ4v) is 2.55. The van der Waals surface area contributed by atoms with Gasteiger partial charge in [-0.2, -0.15) is 5.26 Å². The largest absolute Gasteiger partial charge is 0.489 e. The van der Waals surface area contributed by atoms with Crippen molar-refractivity contribution in [2.45, 2.75) is 26.4 Å². The summed E-state index contributed by atoms with van der Waals surface area (Å²) in [4.78, 5) is 14.3. The van der Waals surface area contributed by atoms with E-state index in [1.54, 1.807) is 18.2 Å². The zero-order valence-electron chi connectivity index (χ0n) is 16.0. The number of hydrogen-bond acceptors (Lipinski definition) is 4. The number of urea groups is 1. The molecule has 0 saturated carbocycles. The summed E-state index contributed by atoms with van der Waals surface area (Å²) in [5, 5.41) is 14.7. The fraction of sp³-hybridized carbons (Fsp3) is 0.333. The Hall–Kier alpha value is -3.20. The van der Waals surface area contributed by atoms with Crippen LogP contribution in [0, 0.1) is 11.3 Å². The lowest BCUT2D eigenvalue weighted by molar-refractivity contribution is 0.241. The van der Waals surface area contributed by atoms with E-state index in [0.717, 1.165) is 18.7 Å². The molecule has 142 valence electrons. The molecule has 2 amide bonds. The van der Waals surface area contributed by atoms with E-state index < -0.39 is 0 Å². The molecule has 0 radical (unpaired) electrons. The molecular formula is C21H26N4O2. The first-order valence-electron chi connectivity index (χ1n) is 9.01. The molecular weight excluding hydrogens is 340 g/mol. The van der Waals surface area contributed by atoms with Gasteiger partial charge < -0.3 is 20.3 Å². The van der Waals surface area contributed by atoms with Gasteiger partial charge in [-0.3, -0.25) is 0 Å². The zero-order valence-corrected chi connectivity index (χ0v) is 16.0. The van der Waals surface area contributed by atoms with Crippen molar-refractivity contribution >= 4 is 17.4 Å². The lowest BCUT2D eigenvalue weighted by Crippen LogP contribution is -2.31. The second kappa shape index (κ2) is 10.1. The van der Waals surface area contributed by atoms with E-state index in [9.17, 15) is 4.79 Å². The highest BCUT2D eigenvalue weighted by atomic mass is 16.5. The molecule has 0 bridgehead atoms. The fourth-order valence-electron chi connectivity index (χ4n) is 2.55. The highest BCUT2D eigenvalue weighted by Crippen LogP contribution is 2.26. The SMILES string of the molecule is CC(C)Oc1ccc(C#N)cc1NC(=O)NCCCN(C)c1ccccc1. The quantitative estimate of drug-likeness (QED) is 0.693. The van der Waals surface area contributed by atoms with Gasteiger partial charge in [0, 0.05) is 25.8 Å². The number of ether oxygens (including phenoxy) is 1. The van der Waals surface area contributed by atoms with Gasteiger partial charge in [0.25, 0.3) is 0 Å². The first-order valence-corrected chi connectivity index (χ1v) is 9.01. The Morgan fingerprint density at radius 2 is 1.96 bits per heavy atom. The Balaban J connectivity index is 1.84. The van der Waals surface area contributed by atoms with Gasteiger partial charge in [-0.1, -0.05) is 18.2 Å². The summed E-state index contributed by atoms with van der Waals surface area (Å²) < 4.78 is 5.69. The summed E-state index contributed by atoms with van der Waals surface area (Å²) in [5.41, 5.74) is 2.10. The number of nitriles is 1. The van der Waals surface area contributed by atoms with Crippen LogP contribution in [0.4, 0.5) is 16.2 Å². The maximum Gasteiger partial charge on any atom is 0.319 e. The second-order valence-electron chi connectivity index (χ2n) is 6.48. The number of nitrogens with zero attached hydrogens (tertiary/aromatic N) is 2. The second-order valence-corrected chi connectivity index (χ2v) is 6.48. The van der Waals surface area contributed by atoms with Crippen LogP contribution in [-0.2, 0) is 0 Å². The summed E-state index contributed by atoms with van der Waals surface area (Å²) in [5.74, 6) is 0.544. The van der Waals surface area contributed by atoms with Gasteiger partial charge in [0.05, 0.1) is 23.4 Å². The van der Waals surface area contributed by atoms with Crippen LogP contribution in [0.3, 0.4) is 0 Å². The molecule has 2 rings (SSSR count). The molecule has 0 fully saturated rings. The number of rotatable bonds is 8. The molecule has 0 saturated heterocycles.